The van der Waals surface area contributed by atoms with E-state index in [1.165, 1.54) is 17.7 Å². The van der Waals surface area contributed by atoms with E-state index in [4.69, 9.17) is 11.6 Å². The van der Waals surface area contributed by atoms with Crippen LogP contribution in [0.4, 0.5) is 15.8 Å². The van der Waals surface area contributed by atoms with E-state index < -0.39 is 12.0 Å². The van der Waals surface area contributed by atoms with Gasteiger partial charge in [0.25, 0.3) is 5.91 Å². The first-order valence-corrected chi connectivity index (χ1v) is 9.88. The van der Waals surface area contributed by atoms with Gasteiger partial charge in [0.05, 0.1) is 10.6 Å². The Morgan fingerprint density at radius 1 is 1.00 bits per heavy atom. The van der Waals surface area contributed by atoms with Crippen molar-refractivity contribution in [3.63, 3.8) is 0 Å². The number of hydrogen-bond donors (Lipinski definition) is 1. The number of carbonyl (C=O) groups excluding carboxylic acids is 1. The number of para-hydroxylation sites is 1. The van der Waals surface area contributed by atoms with Gasteiger partial charge in [0.1, 0.15) is 12.0 Å². The van der Waals surface area contributed by atoms with E-state index in [9.17, 15) is 9.18 Å². The predicted molar refractivity (Wildman–Crippen MR) is 116 cm³/mol. The largest absolute Gasteiger partial charge is 0.360 e. The van der Waals surface area contributed by atoms with Gasteiger partial charge in [0, 0.05) is 11.4 Å². The Morgan fingerprint density at radius 2 is 1.69 bits per heavy atom. The maximum absolute atomic E-state index is 13.7. The van der Waals surface area contributed by atoms with Gasteiger partial charge >= 0.3 is 0 Å². The molecular formula is C24H22ClFN2O. The summed E-state index contributed by atoms with van der Waals surface area (Å²) in [5, 5.41) is 3.44. The quantitative estimate of drug-likeness (QED) is 0.521. The van der Waals surface area contributed by atoms with Gasteiger partial charge in [0.15, 0.2) is 0 Å². The number of fused-ring (bicyclic) bond motifs is 1. The fraction of sp³-hybridized carbons (Fsp3) is 0.208. The molecule has 1 N–H and O–H groups in total. The van der Waals surface area contributed by atoms with Crippen molar-refractivity contribution in [2.45, 2.75) is 32.4 Å². The second-order valence-corrected chi connectivity index (χ2v) is 8.65. The summed E-state index contributed by atoms with van der Waals surface area (Å²) in [5.41, 5.74) is 4.04. The van der Waals surface area contributed by atoms with E-state index in [1.807, 2.05) is 30.3 Å². The molecule has 0 fully saturated rings. The van der Waals surface area contributed by atoms with Gasteiger partial charge in [-0.15, -0.1) is 0 Å². The van der Waals surface area contributed by atoms with Crippen molar-refractivity contribution in [1.29, 1.82) is 0 Å². The van der Waals surface area contributed by atoms with E-state index in [0.717, 1.165) is 11.3 Å². The Hall–Kier alpha value is -2.85. The first kappa shape index (κ1) is 19.5. The molecule has 0 aromatic heterocycles. The van der Waals surface area contributed by atoms with Crippen LogP contribution in [0.15, 0.2) is 66.7 Å². The summed E-state index contributed by atoms with van der Waals surface area (Å²) in [4.78, 5) is 15.0. The molecule has 1 heterocycles. The van der Waals surface area contributed by atoms with Crippen molar-refractivity contribution < 1.29 is 9.18 Å². The fourth-order valence-corrected chi connectivity index (χ4v) is 3.73. The third-order valence-corrected chi connectivity index (χ3v) is 5.49. The van der Waals surface area contributed by atoms with Crippen LogP contribution >= 0.6 is 11.6 Å². The molecule has 1 atom stereocenters. The summed E-state index contributed by atoms with van der Waals surface area (Å²) >= 11 is 6.01. The fourth-order valence-electron chi connectivity index (χ4n) is 3.55. The Labute approximate surface area is 175 Å². The average molecular weight is 409 g/mol. The Balaban J connectivity index is 1.82. The number of carbonyl (C=O) groups is 1. The molecule has 1 aliphatic heterocycles. The van der Waals surface area contributed by atoms with Crippen molar-refractivity contribution in [3.8, 4) is 0 Å². The Kier molecular flexibility index (Phi) is 4.83. The van der Waals surface area contributed by atoms with E-state index in [0.29, 0.717) is 11.3 Å². The molecule has 148 valence electrons. The summed E-state index contributed by atoms with van der Waals surface area (Å²) in [6, 6.07) is 19.9. The molecule has 0 bridgehead atoms. The highest BCUT2D eigenvalue weighted by molar-refractivity contribution is 6.31. The van der Waals surface area contributed by atoms with Crippen LogP contribution in [-0.4, -0.2) is 5.91 Å². The highest BCUT2D eigenvalue weighted by Gasteiger charge is 2.34. The SMILES string of the molecule is CC(C)(C)c1ccc([C@H]2Nc3ccccc3C(=O)N2c2ccc(F)c(Cl)c2)cc1. The molecule has 5 heteroatoms. The minimum absolute atomic E-state index is 0.0176. The third-order valence-electron chi connectivity index (χ3n) is 5.20. The van der Waals surface area contributed by atoms with E-state index in [-0.39, 0.29) is 16.3 Å². The monoisotopic (exact) mass is 408 g/mol. The van der Waals surface area contributed by atoms with Gasteiger partial charge in [-0.25, -0.2) is 4.39 Å². The number of anilines is 2. The lowest BCUT2D eigenvalue weighted by molar-refractivity contribution is 0.0975. The summed E-state index contributed by atoms with van der Waals surface area (Å²) in [5.74, 6) is -0.675. The number of halogens is 2. The van der Waals surface area contributed by atoms with Crippen LogP contribution in [-0.2, 0) is 5.41 Å². The van der Waals surface area contributed by atoms with E-state index in [2.05, 4.69) is 38.2 Å². The molecule has 1 amide bonds. The summed E-state index contributed by atoms with van der Waals surface area (Å²) in [6.45, 7) is 6.48. The number of benzene rings is 3. The van der Waals surface area contributed by atoms with Crippen LogP contribution in [0, 0.1) is 5.82 Å². The summed E-state index contributed by atoms with van der Waals surface area (Å²) in [6.07, 6.45) is -0.437. The van der Waals surface area contributed by atoms with Crippen molar-refractivity contribution in [3.05, 3.63) is 94.3 Å². The van der Waals surface area contributed by atoms with Crippen molar-refractivity contribution in [1.82, 2.24) is 0 Å². The highest BCUT2D eigenvalue weighted by Crippen LogP contribution is 2.38. The zero-order chi connectivity index (χ0) is 20.8. The normalized spacial score (nSPS) is 16.4. The van der Waals surface area contributed by atoms with Crippen LogP contribution in [0.25, 0.3) is 0 Å². The number of hydrogen-bond acceptors (Lipinski definition) is 2. The first-order valence-electron chi connectivity index (χ1n) is 9.50. The first-order chi connectivity index (χ1) is 13.8. The van der Waals surface area contributed by atoms with Gasteiger partial charge in [-0.05, 0) is 46.9 Å². The molecule has 0 saturated heterocycles. The molecule has 0 unspecified atom stereocenters. The average Bonchev–Trinajstić information content (AvgIpc) is 2.70. The van der Waals surface area contributed by atoms with Crippen molar-refractivity contribution in [2.24, 2.45) is 0 Å². The molecule has 0 saturated carbocycles. The van der Waals surface area contributed by atoms with E-state index in [1.54, 1.807) is 17.0 Å². The molecule has 3 aromatic carbocycles. The van der Waals surface area contributed by atoms with Gasteiger partial charge in [-0.3, -0.25) is 9.69 Å². The Bertz CT molecular complexity index is 1070. The van der Waals surface area contributed by atoms with Crippen LogP contribution in [0.3, 0.4) is 0 Å². The predicted octanol–water partition coefficient (Wildman–Crippen LogP) is 6.55. The summed E-state index contributed by atoms with van der Waals surface area (Å²) < 4.78 is 13.7. The van der Waals surface area contributed by atoms with Gasteiger partial charge < -0.3 is 5.32 Å². The maximum atomic E-state index is 13.7. The van der Waals surface area contributed by atoms with Crippen molar-refractivity contribution in [2.75, 3.05) is 10.2 Å². The third kappa shape index (κ3) is 3.60. The molecule has 0 spiro atoms. The van der Waals surface area contributed by atoms with Crippen LogP contribution < -0.4 is 10.2 Å². The number of amides is 1. The van der Waals surface area contributed by atoms with Crippen LogP contribution in [0.2, 0.25) is 5.02 Å². The minimum atomic E-state index is -0.515. The lowest BCUT2D eigenvalue weighted by Gasteiger charge is -2.38. The Morgan fingerprint density at radius 3 is 2.34 bits per heavy atom. The molecule has 3 nitrogen and oxygen atoms in total. The number of nitrogens with zero attached hydrogens (tertiary/aromatic N) is 1. The topological polar surface area (TPSA) is 32.3 Å². The van der Waals surface area contributed by atoms with Crippen LogP contribution in [0.5, 0.6) is 0 Å². The molecule has 0 aliphatic carbocycles. The lowest BCUT2D eigenvalue weighted by atomic mass is 9.86. The minimum Gasteiger partial charge on any atom is -0.360 e. The smallest absolute Gasteiger partial charge is 0.262 e. The van der Waals surface area contributed by atoms with E-state index >= 15 is 0 Å². The molecule has 0 radical (unpaired) electrons. The zero-order valence-electron chi connectivity index (χ0n) is 16.5. The second-order valence-electron chi connectivity index (χ2n) is 8.24. The standard InChI is InChI=1S/C24H22ClFN2O/c1-24(2,3)16-10-8-15(9-11-16)22-27-21-7-5-4-6-18(21)23(29)28(22)17-12-13-20(26)19(25)14-17/h4-14,22,27H,1-3H3/t22-/m0/s1. The highest BCUT2D eigenvalue weighted by atomic mass is 35.5. The second kappa shape index (κ2) is 7.20. The molecule has 1 aliphatic rings. The zero-order valence-corrected chi connectivity index (χ0v) is 17.3. The van der Waals surface area contributed by atoms with Gasteiger partial charge in [-0.2, -0.15) is 0 Å². The van der Waals surface area contributed by atoms with Crippen molar-refractivity contribution >= 4 is 28.9 Å². The molecule has 4 rings (SSSR count). The number of rotatable bonds is 2. The van der Waals surface area contributed by atoms with Gasteiger partial charge in [0.2, 0.25) is 0 Å². The molecule has 3 aromatic rings. The number of nitrogens with one attached hydrogen (secondary N) is 1. The molecule has 29 heavy (non-hydrogen) atoms. The maximum Gasteiger partial charge on any atom is 0.262 e. The van der Waals surface area contributed by atoms with Crippen LogP contribution in [0.1, 0.15) is 48.4 Å². The molecular weight excluding hydrogens is 387 g/mol. The van der Waals surface area contributed by atoms with Gasteiger partial charge in [-0.1, -0.05) is 68.8 Å². The lowest BCUT2D eigenvalue weighted by Crippen LogP contribution is -2.43. The summed E-state index contributed by atoms with van der Waals surface area (Å²) in [7, 11) is 0.